The second-order valence-electron chi connectivity index (χ2n) is 7.01. The highest BCUT2D eigenvalue weighted by Gasteiger charge is 2.44. The van der Waals surface area contributed by atoms with Gasteiger partial charge in [-0.15, -0.1) is 6.42 Å². The van der Waals surface area contributed by atoms with Crippen molar-refractivity contribution in [2.45, 2.75) is 19.3 Å². The van der Waals surface area contributed by atoms with Crippen LogP contribution in [0.15, 0.2) is 42.5 Å². The molecule has 134 valence electrons. The van der Waals surface area contributed by atoms with E-state index in [0.29, 0.717) is 17.0 Å². The Kier molecular flexibility index (Phi) is 3.74. The van der Waals surface area contributed by atoms with Gasteiger partial charge in [0.25, 0.3) is 5.91 Å². The van der Waals surface area contributed by atoms with Crippen molar-refractivity contribution in [3.63, 3.8) is 0 Å². The molecular weight excluding hydrogens is 340 g/mol. The molecule has 1 aliphatic rings. The fourth-order valence-electron chi connectivity index (χ4n) is 3.41. The first-order valence-electron chi connectivity index (χ1n) is 8.58. The minimum atomic E-state index is -0.674. The number of imidazole rings is 1. The average Bonchev–Trinajstić information content (AvgIpc) is 3.13. The molecule has 0 aliphatic carbocycles. The second kappa shape index (κ2) is 5.99. The Balaban J connectivity index is 1.72. The van der Waals surface area contributed by atoms with Crippen LogP contribution >= 0.6 is 0 Å². The molecule has 2 aromatic carbocycles. The number of H-pyrrole nitrogens is 1. The summed E-state index contributed by atoms with van der Waals surface area (Å²) in [6.45, 7) is 3.97. The van der Waals surface area contributed by atoms with Crippen LogP contribution in [0.2, 0.25) is 0 Å². The number of anilines is 2. The van der Waals surface area contributed by atoms with Crippen molar-refractivity contribution in [3.05, 3.63) is 53.6 Å². The van der Waals surface area contributed by atoms with Gasteiger partial charge in [0.15, 0.2) is 0 Å². The fourth-order valence-corrected chi connectivity index (χ4v) is 3.41. The number of nitrogens with one attached hydrogen (secondary N) is 2. The summed E-state index contributed by atoms with van der Waals surface area (Å²) in [5, 5.41) is 2.77. The maximum absolute atomic E-state index is 12.7. The van der Waals surface area contributed by atoms with Crippen LogP contribution in [0.5, 0.6) is 0 Å². The molecule has 0 radical (unpaired) electrons. The zero-order valence-corrected chi connectivity index (χ0v) is 15.0. The monoisotopic (exact) mass is 358 g/mol. The predicted octanol–water partition coefficient (Wildman–Crippen LogP) is 3.07. The molecule has 3 aromatic rings. The molecular formula is C21H18N4O2. The zero-order chi connectivity index (χ0) is 19.2. The van der Waals surface area contributed by atoms with Crippen LogP contribution in [-0.2, 0) is 10.2 Å². The summed E-state index contributed by atoms with van der Waals surface area (Å²) in [5.41, 5.74) is 2.94. The highest BCUT2D eigenvalue weighted by atomic mass is 16.2. The van der Waals surface area contributed by atoms with Gasteiger partial charge in [0.05, 0.1) is 28.7 Å². The van der Waals surface area contributed by atoms with E-state index in [-0.39, 0.29) is 18.4 Å². The normalized spacial score (nSPS) is 14.9. The molecule has 0 fully saturated rings. The Hall–Kier alpha value is -3.59. The minimum Gasteiger partial charge on any atom is -0.324 e. The van der Waals surface area contributed by atoms with E-state index in [1.54, 1.807) is 29.2 Å². The van der Waals surface area contributed by atoms with E-state index in [0.717, 1.165) is 16.8 Å². The molecule has 27 heavy (non-hydrogen) atoms. The number of aromatic nitrogens is 2. The highest BCUT2D eigenvalue weighted by Crippen LogP contribution is 2.43. The van der Waals surface area contributed by atoms with Gasteiger partial charge in [-0.3, -0.25) is 19.8 Å². The van der Waals surface area contributed by atoms with E-state index >= 15 is 0 Å². The van der Waals surface area contributed by atoms with Crippen LogP contribution in [0.3, 0.4) is 0 Å². The summed E-state index contributed by atoms with van der Waals surface area (Å²) in [6.07, 6.45) is 5.43. The van der Waals surface area contributed by atoms with E-state index in [1.807, 2.05) is 32.0 Å². The molecule has 1 aromatic heterocycles. The molecule has 2 heterocycles. The van der Waals surface area contributed by atoms with Crippen LogP contribution < -0.4 is 10.2 Å². The van der Waals surface area contributed by atoms with Crippen LogP contribution in [0.25, 0.3) is 11.0 Å². The molecule has 2 N–H and O–H groups in total. The number of benzene rings is 2. The number of terminal acetylenes is 1. The van der Waals surface area contributed by atoms with Crippen molar-refractivity contribution in [2.75, 3.05) is 16.8 Å². The third-order valence-electron chi connectivity index (χ3n) is 4.86. The summed E-state index contributed by atoms with van der Waals surface area (Å²) < 4.78 is 0. The number of carbonyl (C=O) groups excluding carboxylic acids is 2. The van der Waals surface area contributed by atoms with E-state index in [2.05, 4.69) is 21.2 Å². The van der Waals surface area contributed by atoms with Crippen molar-refractivity contribution in [3.8, 4) is 12.3 Å². The summed E-state index contributed by atoms with van der Waals surface area (Å²) in [6, 6.07) is 12.7. The van der Waals surface area contributed by atoms with E-state index < -0.39 is 5.41 Å². The first-order chi connectivity index (χ1) is 12.9. The number of amides is 2. The minimum absolute atomic E-state index is 0.0271. The lowest BCUT2D eigenvalue weighted by Crippen LogP contribution is -2.36. The molecule has 0 spiro atoms. The van der Waals surface area contributed by atoms with Gasteiger partial charge in [0.2, 0.25) is 11.9 Å². The number of aromatic amines is 1. The standard InChI is InChI=1S/C21H18N4O2/c1-4-10-25-17-12-16-15(11-14(17)21(2,3)19(25)27)22-20(23-16)24-18(26)13-8-6-5-7-9-13/h1,5-9,11-12H,10H2,2-3H3,(H2,22,23,24,26). The molecule has 0 saturated carbocycles. The first-order valence-corrected chi connectivity index (χ1v) is 8.58. The van der Waals surface area contributed by atoms with Crippen molar-refractivity contribution in [2.24, 2.45) is 0 Å². The van der Waals surface area contributed by atoms with Gasteiger partial charge in [-0.1, -0.05) is 24.1 Å². The third kappa shape index (κ3) is 2.64. The van der Waals surface area contributed by atoms with Crippen LogP contribution in [0.4, 0.5) is 11.6 Å². The number of fused-ring (bicyclic) bond motifs is 2. The largest absolute Gasteiger partial charge is 0.324 e. The van der Waals surface area contributed by atoms with Crippen molar-refractivity contribution in [1.29, 1.82) is 0 Å². The maximum atomic E-state index is 12.7. The van der Waals surface area contributed by atoms with Gasteiger partial charge in [-0.05, 0) is 43.7 Å². The summed E-state index contributed by atoms with van der Waals surface area (Å²) in [4.78, 5) is 34.2. The van der Waals surface area contributed by atoms with E-state index in [4.69, 9.17) is 6.42 Å². The van der Waals surface area contributed by atoms with Gasteiger partial charge < -0.3 is 4.98 Å². The molecule has 4 rings (SSSR count). The Morgan fingerprint density at radius 2 is 2.04 bits per heavy atom. The van der Waals surface area contributed by atoms with Gasteiger partial charge in [0, 0.05) is 5.56 Å². The third-order valence-corrected chi connectivity index (χ3v) is 4.86. The number of rotatable bonds is 3. The van der Waals surface area contributed by atoms with Crippen molar-refractivity contribution >= 4 is 34.5 Å². The van der Waals surface area contributed by atoms with Gasteiger partial charge >= 0.3 is 0 Å². The predicted molar refractivity (Wildman–Crippen MR) is 105 cm³/mol. The lowest BCUT2D eigenvalue weighted by atomic mass is 9.86. The Bertz CT molecular complexity index is 1110. The number of carbonyl (C=O) groups is 2. The van der Waals surface area contributed by atoms with Crippen LogP contribution in [0, 0.1) is 12.3 Å². The van der Waals surface area contributed by atoms with Gasteiger partial charge in [0.1, 0.15) is 0 Å². The number of hydrogen-bond donors (Lipinski definition) is 2. The number of nitrogens with zero attached hydrogens (tertiary/aromatic N) is 2. The molecule has 1 aliphatic heterocycles. The molecule has 6 nitrogen and oxygen atoms in total. The molecule has 0 saturated heterocycles. The fraction of sp³-hybridized carbons (Fsp3) is 0.190. The summed E-state index contributed by atoms with van der Waals surface area (Å²) in [7, 11) is 0. The first kappa shape index (κ1) is 16.9. The zero-order valence-electron chi connectivity index (χ0n) is 15.0. The highest BCUT2D eigenvalue weighted by molar-refractivity contribution is 6.10. The molecule has 6 heteroatoms. The smallest absolute Gasteiger partial charge is 0.257 e. The van der Waals surface area contributed by atoms with Crippen LogP contribution in [-0.4, -0.2) is 28.3 Å². The van der Waals surface area contributed by atoms with Gasteiger partial charge in [-0.2, -0.15) is 0 Å². The molecule has 2 amide bonds. The average molecular weight is 358 g/mol. The van der Waals surface area contributed by atoms with Gasteiger partial charge in [-0.25, -0.2) is 4.98 Å². The Labute approximate surface area is 156 Å². The molecule has 0 atom stereocenters. The van der Waals surface area contributed by atoms with Crippen molar-refractivity contribution < 1.29 is 9.59 Å². The summed E-state index contributed by atoms with van der Waals surface area (Å²) in [5.74, 6) is 2.62. The Morgan fingerprint density at radius 3 is 2.74 bits per heavy atom. The lowest BCUT2D eigenvalue weighted by molar-refractivity contribution is -0.121. The van der Waals surface area contributed by atoms with Crippen LogP contribution in [0.1, 0.15) is 29.8 Å². The quantitative estimate of drug-likeness (QED) is 0.706. The SMILES string of the molecule is C#CCN1C(=O)C(C)(C)c2cc3nc(NC(=O)c4ccccc4)[nH]c3cc21. The lowest BCUT2D eigenvalue weighted by Gasteiger charge is -2.18. The molecule has 0 unspecified atom stereocenters. The Morgan fingerprint density at radius 1 is 1.30 bits per heavy atom. The van der Waals surface area contributed by atoms with E-state index in [1.165, 1.54) is 0 Å². The topological polar surface area (TPSA) is 78.1 Å². The number of hydrogen-bond acceptors (Lipinski definition) is 3. The van der Waals surface area contributed by atoms with Crippen molar-refractivity contribution in [1.82, 2.24) is 9.97 Å². The molecule has 0 bridgehead atoms. The summed E-state index contributed by atoms with van der Waals surface area (Å²) >= 11 is 0. The maximum Gasteiger partial charge on any atom is 0.257 e. The van der Waals surface area contributed by atoms with E-state index in [9.17, 15) is 9.59 Å². The second-order valence-corrected chi connectivity index (χ2v) is 7.01.